The average molecular weight is 226 g/mol. The number of azo groups is 1. The van der Waals surface area contributed by atoms with Crippen molar-refractivity contribution in [3.63, 3.8) is 0 Å². The summed E-state index contributed by atoms with van der Waals surface area (Å²) in [6, 6.07) is 7.46. The molecular weight excluding hydrogens is 212 g/mol. The minimum atomic E-state index is 0.784. The molecule has 0 saturated heterocycles. The van der Waals surface area contributed by atoms with Crippen LogP contribution in [0.25, 0.3) is 0 Å². The second kappa shape index (κ2) is 4.74. The van der Waals surface area contributed by atoms with Crippen molar-refractivity contribution in [3.05, 3.63) is 47.8 Å². The van der Waals surface area contributed by atoms with Crippen molar-refractivity contribution in [1.82, 2.24) is 4.98 Å². The van der Waals surface area contributed by atoms with E-state index in [9.17, 15) is 0 Å². The van der Waals surface area contributed by atoms with Gasteiger partial charge in [-0.05, 0) is 49.2 Å². The SMILES string of the molecule is Cc1cc(/N=N/c2ccncc2)cc(C)c1N. The summed E-state index contributed by atoms with van der Waals surface area (Å²) in [5, 5.41) is 8.31. The molecule has 4 heteroatoms. The van der Waals surface area contributed by atoms with Crippen LogP contribution in [0.15, 0.2) is 46.9 Å². The number of nitrogens with two attached hydrogens (primary N) is 1. The Kier molecular flexibility index (Phi) is 3.14. The van der Waals surface area contributed by atoms with Crippen LogP contribution in [0.4, 0.5) is 17.1 Å². The van der Waals surface area contributed by atoms with E-state index in [1.54, 1.807) is 24.5 Å². The van der Waals surface area contributed by atoms with Crippen LogP contribution in [0.5, 0.6) is 0 Å². The van der Waals surface area contributed by atoms with Gasteiger partial charge in [0.25, 0.3) is 0 Å². The molecule has 4 nitrogen and oxygen atoms in total. The van der Waals surface area contributed by atoms with E-state index in [1.807, 2.05) is 26.0 Å². The first-order valence-electron chi connectivity index (χ1n) is 5.35. The lowest BCUT2D eigenvalue weighted by Gasteiger charge is -2.04. The minimum absolute atomic E-state index is 0.784. The predicted octanol–water partition coefficient (Wildman–Crippen LogP) is 3.70. The second-order valence-electron chi connectivity index (χ2n) is 3.90. The Bertz CT molecular complexity index is 524. The zero-order chi connectivity index (χ0) is 12.3. The lowest BCUT2D eigenvalue weighted by molar-refractivity contribution is 1.20. The summed E-state index contributed by atoms with van der Waals surface area (Å²) in [5.41, 5.74) is 10.3. The first-order chi connectivity index (χ1) is 8.16. The Labute approximate surface area is 100 Å². The summed E-state index contributed by atoms with van der Waals surface area (Å²) in [7, 11) is 0. The van der Waals surface area contributed by atoms with Gasteiger partial charge >= 0.3 is 0 Å². The highest BCUT2D eigenvalue weighted by Crippen LogP contribution is 2.25. The summed E-state index contributed by atoms with van der Waals surface area (Å²) >= 11 is 0. The van der Waals surface area contributed by atoms with Crippen molar-refractivity contribution >= 4 is 17.1 Å². The first-order valence-corrected chi connectivity index (χ1v) is 5.35. The molecule has 0 aliphatic rings. The van der Waals surface area contributed by atoms with E-state index in [0.29, 0.717) is 0 Å². The van der Waals surface area contributed by atoms with Gasteiger partial charge < -0.3 is 5.73 Å². The van der Waals surface area contributed by atoms with Crippen molar-refractivity contribution in [2.45, 2.75) is 13.8 Å². The lowest BCUT2D eigenvalue weighted by atomic mass is 10.1. The third kappa shape index (κ3) is 2.66. The molecule has 0 aliphatic carbocycles. The Hall–Kier alpha value is -2.23. The molecule has 1 aromatic carbocycles. The molecule has 0 aliphatic heterocycles. The summed E-state index contributed by atoms with van der Waals surface area (Å²) in [5.74, 6) is 0. The molecule has 2 rings (SSSR count). The zero-order valence-corrected chi connectivity index (χ0v) is 9.88. The fourth-order valence-electron chi connectivity index (χ4n) is 1.54. The van der Waals surface area contributed by atoms with Crippen molar-refractivity contribution in [3.8, 4) is 0 Å². The van der Waals surface area contributed by atoms with Crippen LogP contribution in [-0.2, 0) is 0 Å². The van der Waals surface area contributed by atoms with Gasteiger partial charge in [0, 0.05) is 18.1 Å². The van der Waals surface area contributed by atoms with E-state index in [1.165, 1.54) is 0 Å². The van der Waals surface area contributed by atoms with E-state index in [0.717, 1.165) is 28.2 Å². The van der Waals surface area contributed by atoms with Crippen LogP contribution >= 0.6 is 0 Å². The standard InChI is InChI=1S/C13H14N4/c1-9-7-12(8-10(2)13(9)14)17-16-11-3-5-15-6-4-11/h3-8H,14H2,1-2H3/b17-16+. The van der Waals surface area contributed by atoms with Gasteiger partial charge in [-0.15, -0.1) is 0 Å². The number of nitrogen functional groups attached to an aromatic ring is 1. The summed E-state index contributed by atoms with van der Waals surface area (Å²) in [6.45, 7) is 3.93. The topological polar surface area (TPSA) is 63.6 Å². The van der Waals surface area contributed by atoms with E-state index < -0.39 is 0 Å². The van der Waals surface area contributed by atoms with Crippen molar-refractivity contribution in [1.29, 1.82) is 0 Å². The highest BCUT2D eigenvalue weighted by molar-refractivity contribution is 5.59. The number of pyridine rings is 1. The molecule has 0 saturated carbocycles. The molecule has 1 heterocycles. The van der Waals surface area contributed by atoms with Gasteiger partial charge in [0.15, 0.2) is 0 Å². The molecule has 0 radical (unpaired) electrons. The molecule has 0 spiro atoms. The Morgan fingerprint density at radius 3 is 2.06 bits per heavy atom. The zero-order valence-electron chi connectivity index (χ0n) is 9.88. The van der Waals surface area contributed by atoms with Crippen LogP contribution in [0, 0.1) is 13.8 Å². The van der Waals surface area contributed by atoms with Crippen molar-refractivity contribution in [2.24, 2.45) is 10.2 Å². The van der Waals surface area contributed by atoms with E-state index >= 15 is 0 Å². The van der Waals surface area contributed by atoms with Crippen LogP contribution in [0.1, 0.15) is 11.1 Å². The maximum Gasteiger partial charge on any atom is 0.0887 e. The quantitative estimate of drug-likeness (QED) is 0.626. The molecule has 0 bridgehead atoms. The molecule has 1 aromatic heterocycles. The number of aromatic nitrogens is 1. The number of aryl methyl sites for hydroxylation is 2. The normalized spacial score (nSPS) is 10.9. The van der Waals surface area contributed by atoms with E-state index in [4.69, 9.17) is 5.73 Å². The maximum absolute atomic E-state index is 5.88. The van der Waals surface area contributed by atoms with Crippen molar-refractivity contribution in [2.75, 3.05) is 5.73 Å². The van der Waals surface area contributed by atoms with Crippen LogP contribution in [0.3, 0.4) is 0 Å². The molecule has 0 unspecified atom stereocenters. The highest BCUT2D eigenvalue weighted by Gasteiger charge is 2.00. The van der Waals surface area contributed by atoms with Gasteiger partial charge in [-0.3, -0.25) is 4.98 Å². The number of anilines is 1. The van der Waals surface area contributed by atoms with E-state index in [2.05, 4.69) is 15.2 Å². The lowest BCUT2D eigenvalue weighted by Crippen LogP contribution is -1.92. The van der Waals surface area contributed by atoms with E-state index in [-0.39, 0.29) is 0 Å². The Morgan fingerprint density at radius 1 is 0.941 bits per heavy atom. The maximum atomic E-state index is 5.88. The number of rotatable bonds is 2. The molecule has 86 valence electrons. The highest BCUT2D eigenvalue weighted by atomic mass is 15.1. The van der Waals surface area contributed by atoms with Gasteiger partial charge in [0.1, 0.15) is 0 Å². The Morgan fingerprint density at radius 2 is 1.47 bits per heavy atom. The summed E-state index contributed by atoms with van der Waals surface area (Å²) in [4.78, 5) is 3.92. The fourth-order valence-corrected chi connectivity index (χ4v) is 1.54. The molecule has 2 aromatic rings. The first kappa shape index (κ1) is 11.3. The predicted molar refractivity (Wildman–Crippen MR) is 68.7 cm³/mol. The van der Waals surface area contributed by atoms with Gasteiger partial charge in [-0.2, -0.15) is 10.2 Å². The van der Waals surface area contributed by atoms with Gasteiger partial charge in [0.2, 0.25) is 0 Å². The van der Waals surface area contributed by atoms with Gasteiger partial charge in [0.05, 0.1) is 11.4 Å². The average Bonchev–Trinajstić information content (AvgIpc) is 2.34. The minimum Gasteiger partial charge on any atom is -0.398 e. The van der Waals surface area contributed by atoms with Gasteiger partial charge in [-0.25, -0.2) is 0 Å². The summed E-state index contributed by atoms with van der Waals surface area (Å²) < 4.78 is 0. The number of hydrogen-bond donors (Lipinski definition) is 1. The third-order valence-electron chi connectivity index (χ3n) is 2.52. The molecular formula is C13H14N4. The molecule has 0 amide bonds. The van der Waals surface area contributed by atoms with Crippen molar-refractivity contribution < 1.29 is 0 Å². The van der Waals surface area contributed by atoms with Crippen LogP contribution < -0.4 is 5.73 Å². The number of benzene rings is 1. The smallest absolute Gasteiger partial charge is 0.0887 e. The second-order valence-corrected chi connectivity index (χ2v) is 3.90. The number of nitrogens with zero attached hydrogens (tertiary/aromatic N) is 3. The van der Waals surface area contributed by atoms with Crippen LogP contribution in [0.2, 0.25) is 0 Å². The number of hydrogen-bond acceptors (Lipinski definition) is 4. The molecule has 2 N–H and O–H groups in total. The molecule has 0 fully saturated rings. The van der Waals surface area contributed by atoms with Crippen LogP contribution in [-0.4, -0.2) is 4.98 Å². The fraction of sp³-hybridized carbons (Fsp3) is 0.154. The Balaban J connectivity index is 2.28. The molecule has 17 heavy (non-hydrogen) atoms. The monoisotopic (exact) mass is 226 g/mol. The summed E-state index contributed by atoms with van der Waals surface area (Å²) in [6.07, 6.45) is 3.38. The third-order valence-corrected chi connectivity index (χ3v) is 2.52. The largest absolute Gasteiger partial charge is 0.398 e. The molecule has 0 atom stereocenters. The van der Waals surface area contributed by atoms with Gasteiger partial charge in [-0.1, -0.05) is 0 Å².